The number of allylic oxidation sites excluding steroid dienone is 7. The molecule has 0 aromatic heterocycles. The van der Waals surface area contributed by atoms with Crippen molar-refractivity contribution in [2.45, 2.75) is 398 Å². The van der Waals surface area contributed by atoms with E-state index in [2.05, 4.69) is 55.6 Å². The maximum Gasteiger partial charge on any atom is 0.268 e. The Balaban J connectivity index is 3.99. The lowest BCUT2D eigenvalue weighted by Crippen LogP contribution is -2.45. The van der Waals surface area contributed by atoms with E-state index in [0.717, 1.165) is 44.9 Å². The van der Waals surface area contributed by atoms with Gasteiger partial charge in [-0.1, -0.05) is 364 Å². The van der Waals surface area contributed by atoms with Crippen molar-refractivity contribution in [2.24, 2.45) is 0 Å². The molecule has 2 N–H and O–H groups in total. The van der Waals surface area contributed by atoms with Gasteiger partial charge in [0.1, 0.15) is 13.2 Å². The van der Waals surface area contributed by atoms with Crippen molar-refractivity contribution >= 4 is 13.7 Å². The van der Waals surface area contributed by atoms with Crippen LogP contribution in [0.5, 0.6) is 0 Å². The lowest BCUT2D eigenvalue weighted by molar-refractivity contribution is -0.870. The van der Waals surface area contributed by atoms with E-state index in [0.29, 0.717) is 17.4 Å². The first-order valence-electron chi connectivity index (χ1n) is 38.0. The number of aliphatic hydroxyl groups is 1. The number of carbonyl (C=O) groups excluding carboxylic acids is 1. The van der Waals surface area contributed by atoms with Crippen molar-refractivity contribution in [3.05, 3.63) is 48.6 Å². The van der Waals surface area contributed by atoms with E-state index in [1.54, 1.807) is 6.08 Å². The fourth-order valence-corrected chi connectivity index (χ4v) is 12.3. The Hall–Kier alpha value is -1.54. The normalized spacial score (nSPS) is 13.8. The van der Waals surface area contributed by atoms with E-state index in [1.165, 1.54) is 321 Å². The second-order valence-electron chi connectivity index (χ2n) is 27.4. The first-order chi connectivity index (χ1) is 42.0. The molecule has 0 bridgehead atoms. The highest BCUT2D eigenvalue weighted by atomic mass is 31.2. The predicted octanol–water partition coefficient (Wildman–Crippen LogP) is 23.9. The molecule has 3 unspecified atom stereocenters. The number of carbonyl (C=O) groups is 1. The zero-order chi connectivity index (χ0) is 62.6. The molecule has 508 valence electrons. The SMILES string of the molecule is CCCCCCCCCCCCCCCCC/C=C\C/C=C\CCCCCCCCCCCCCCCCCCCC(=O)NC(COP(=O)([O-])OCC[N+](C)(C)C)C(O)/C=C/CC/C=C/CCCCCCCCCCCCCCCCCCCCC. The average Bonchev–Trinajstić information content (AvgIpc) is 3.70. The Labute approximate surface area is 537 Å². The molecule has 0 rings (SSSR count). The van der Waals surface area contributed by atoms with E-state index in [1.807, 2.05) is 27.2 Å². The maximum absolute atomic E-state index is 13.0. The van der Waals surface area contributed by atoms with Gasteiger partial charge < -0.3 is 28.8 Å². The molecule has 0 saturated carbocycles. The summed E-state index contributed by atoms with van der Waals surface area (Å²) in [6, 6.07) is -0.905. The first-order valence-corrected chi connectivity index (χ1v) is 39.5. The van der Waals surface area contributed by atoms with Crippen LogP contribution in [-0.2, 0) is 18.4 Å². The molecular weight excluding hydrogens is 1080 g/mol. The van der Waals surface area contributed by atoms with Crippen molar-refractivity contribution in [3.63, 3.8) is 0 Å². The number of hydrogen-bond donors (Lipinski definition) is 2. The van der Waals surface area contributed by atoms with Crippen LogP contribution in [0.25, 0.3) is 0 Å². The van der Waals surface area contributed by atoms with Crippen LogP contribution >= 0.6 is 7.82 Å². The standard InChI is InChI=1S/C77H149N2O6P/c1-6-8-10-12-14-16-18-20-22-24-26-28-30-32-33-34-35-36-37-38-39-40-41-42-43-44-45-47-49-51-53-55-57-59-61-63-65-67-69-71-77(81)78-75(74-85-86(82,83)84-73-72-79(3,4)5)76(80)70-68-66-64-62-60-58-56-54-52-50-48-46-31-29-27-25-23-21-19-17-15-13-11-9-7-2/h35-36,38-39,60,62,68,70,75-76,80H,6-34,37,40-59,61,63-67,69,71-74H2,1-5H3,(H-,78,81,82,83)/b36-35-,39-38-,62-60+,70-68+. The van der Waals surface area contributed by atoms with E-state index in [-0.39, 0.29) is 12.5 Å². The Morgan fingerprint density at radius 3 is 1.01 bits per heavy atom. The topological polar surface area (TPSA) is 108 Å². The van der Waals surface area contributed by atoms with Crippen LogP contribution in [0.15, 0.2) is 48.6 Å². The summed E-state index contributed by atoms with van der Waals surface area (Å²) in [5.41, 5.74) is 0. The number of aliphatic hydroxyl groups excluding tert-OH is 1. The minimum Gasteiger partial charge on any atom is -0.756 e. The van der Waals surface area contributed by atoms with Crippen LogP contribution in [0, 0.1) is 0 Å². The molecule has 0 spiro atoms. The summed E-state index contributed by atoms with van der Waals surface area (Å²) in [7, 11) is 1.26. The van der Waals surface area contributed by atoms with Gasteiger partial charge in [-0.25, -0.2) is 0 Å². The molecule has 0 aliphatic heterocycles. The third kappa shape index (κ3) is 69.9. The van der Waals surface area contributed by atoms with Gasteiger partial charge in [-0.3, -0.25) is 9.36 Å². The molecular formula is C77H149N2O6P. The highest BCUT2D eigenvalue weighted by molar-refractivity contribution is 7.45. The molecule has 0 fully saturated rings. The molecule has 0 aromatic rings. The quantitative estimate of drug-likeness (QED) is 0.0272. The molecule has 0 aliphatic carbocycles. The highest BCUT2D eigenvalue weighted by Crippen LogP contribution is 2.38. The fourth-order valence-electron chi connectivity index (χ4n) is 11.6. The molecule has 0 aromatic carbocycles. The largest absolute Gasteiger partial charge is 0.756 e. The van der Waals surface area contributed by atoms with Crippen LogP contribution < -0.4 is 10.2 Å². The second kappa shape index (κ2) is 67.8. The van der Waals surface area contributed by atoms with Gasteiger partial charge >= 0.3 is 0 Å². The summed E-state index contributed by atoms with van der Waals surface area (Å²) in [5.74, 6) is -0.201. The second-order valence-corrected chi connectivity index (χ2v) is 28.8. The van der Waals surface area contributed by atoms with Crippen LogP contribution in [0.4, 0.5) is 0 Å². The maximum atomic E-state index is 13.0. The van der Waals surface area contributed by atoms with Gasteiger partial charge in [-0.15, -0.1) is 0 Å². The molecule has 0 heterocycles. The minimum absolute atomic E-state index is 0.00558. The summed E-state index contributed by atoms with van der Waals surface area (Å²) in [5, 5.41) is 14.0. The number of phosphoric acid groups is 1. The zero-order valence-electron chi connectivity index (χ0n) is 58.3. The Morgan fingerprint density at radius 2 is 0.686 bits per heavy atom. The Bertz CT molecular complexity index is 1540. The molecule has 86 heavy (non-hydrogen) atoms. The van der Waals surface area contributed by atoms with Crippen LogP contribution in [0.2, 0.25) is 0 Å². The van der Waals surface area contributed by atoms with E-state index in [4.69, 9.17) is 9.05 Å². The number of nitrogens with one attached hydrogen (secondary N) is 1. The molecule has 3 atom stereocenters. The molecule has 0 aliphatic rings. The summed E-state index contributed by atoms with van der Waals surface area (Å²) in [4.78, 5) is 25.7. The monoisotopic (exact) mass is 1230 g/mol. The lowest BCUT2D eigenvalue weighted by atomic mass is 10.0. The number of amides is 1. The van der Waals surface area contributed by atoms with Gasteiger partial charge in [0, 0.05) is 6.42 Å². The van der Waals surface area contributed by atoms with Gasteiger partial charge in [0.05, 0.1) is 39.9 Å². The van der Waals surface area contributed by atoms with E-state index >= 15 is 0 Å². The predicted molar refractivity (Wildman–Crippen MR) is 376 cm³/mol. The summed E-state index contributed by atoms with van der Waals surface area (Å²) >= 11 is 0. The third-order valence-electron chi connectivity index (χ3n) is 17.5. The van der Waals surface area contributed by atoms with Crippen molar-refractivity contribution < 1.29 is 32.9 Å². The molecule has 0 saturated heterocycles. The van der Waals surface area contributed by atoms with Crippen molar-refractivity contribution in [1.82, 2.24) is 5.32 Å². The number of hydrogen-bond acceptors (Lipinski definition) is 6. The molecule has 9 heteroatoms. The van der Waals surface area contributed by atoms with Crippen molar-refractivity contribution in [2.75, 3.05) is 40.9 Å². The van der Waals surface area contributed by atoms with Crippen LogP contribution in [0.3, 0.4) is 0 Å². The van der Waals surface area contributed by atoms with Crippen LogP contribution in [0.1, 0.15) is 386 Å². The Morgan fingerprint density at radius 1 is 0.407 bits per heavy atom. The van der Waals surface area contributed by atoms with Gasteiger partial charge in [-0.2, -0.15) is 0 Å². The number of rotatable bonds is 71. The van der Waals surface area contributed by atoms with Gasteiger partial charge in [0.25, 0.3) is 7.82 Å². The number of likely N-dealkylation sites (N-methyl/N-ethyl adjacent to an activating group) is 1. The van der Waals surface area contributed by atoms with Gasteiger partial charge in [0.15, 0.2) is 0 Å². The molecule has 0 radical (unpaired) electrons. The highest BCUT2D eigenvalue weighted by Gasteiger charge is 2.23. The summed E-state index contributed by atoms with van der Waals surface area (Å²) < 4.78 is 23.5. The summed E-state index contributed by atoms with van der Waals surface area (Å²) in [6.45, 7) is 4.69. The number of phosphoric ester groups is 1. The summed E-state index contributed by atoms with van der Waals surface area (Å²) in [6.07, 6.45) is 92.7. The van der Waals surface area contributed by atoms with E-state index in [9.17, 15) is 19.4 Å². The van der Waals surface area contributed by atoms with Crippen molar-refractivity contribution in [3.8, 4) is 0 Å². The first kappa shape index (κ1) is 84.5. The van der Waals surface area contributed by atoms with Gasteiger partial charge in [0.2, 0.25) is 5.91 Å². The zero-order valence-corrected chi connectivity index (χ0v) is 59.2. The number of unbranched alkanes of at least 4 members (excludes halogenated alkanes) is 52. The molecule has 1 amide bonds. The van der Waals surface area contributed by atoms with E-state index < -0.39 is 26.6 Å². The fraction of sp³-hybridized carbons (Fsp3) is 0.883. The Kier molecular flexibility index (Phi) is 66.6. The van der Waals surface area contributed by atoms with Crippen molar-refractivity contribution in [1.29, 1.82) is 0 Å². The lowest BCUT2D eigenvalue weighted by Gasteiger charge is -2.29. The van der Waals surface area contributed by atoms with Gasteiger partial charge in [-0.05, 0) is 64.2 Å². The van der Waals surface area contributed by atoms with Crippen LogP contribution in [-0.4, -0.2) is 68.5 Å². The number of nitrogens with zero attached hydrogens (tertiary/aromatic N) is 1. The average molecular weight is 1230 g/mol. The third-order valence-corrected chi connectivity index (χ3v) is 18.5. The number of quaternary nitrogens is 1. The minimum atomic E-state index is -4.61. The molecule has 8 nitrogen and oxygen atoms in total. The smallest absolute Gasteiger partial charge is 0.268 e.